The Morgan fingerprint density at radius 1 is 0.810 bits per heavy atom. The van der Waals surface area contributed by atoms with E-state index in [1.54, 1.807) is 36.4 Å². The van der Waals surface area contributed by atoms with E-state index in [-0.39, 0.29) is 23.8 Å². The maximum Gasteiger partial charge on any atom is 0.264 e. The Labute approximate surface area is 263 Å². The number of sulfonamides is 1. The van der Waals surface area contributed by atoms with Crippen LogP contribution < -0.4 is 9.62 Å². The second-order valence-corrected chi connectivity index (χ2v) is 13.5. The molecule has 4 aromatic carbocycles. The van der Waals surface area contributed by atoms with Gasteiger partial charge >= 0.3 is 0 Å². The molecule has 1 N–H and O–H groups in total. The molecule has 0 bridgehead atoms. The Bertz CT molecular complexity index is 1630. The zero-order chi connectivity index (χ0) is 30.3. The van der Waals surface area contributed by atoms with Crippen LogP contribution in [-0.2, 0) is 32.6 Å². The molecule has 42 heavy (non-hydrogen) atoms. The molecule has 0 aromatic heterocycles. The van der Waals surface area contributed by atoms with Crippen molar-refractivity contribution in [1.82, 2.24) is 10.2 Å². The van der Waals surface area contributed by atoms with Crippen molar-refractivity contribution in [3.05, 3.63) is 129 Å². The van der Waals surface area contributed by atoms with Crippen molar-refractivity contribution in [3.63, 3.8) is 0 Å². The van der Waals surface area contributed by atoms with E-state index in [4.69, 9.17) is 0 Å². The minimum absolute atomic E-state index is 0.0643. The summed E-state index contributed by atoms with van der Waals surface area (Å²) in [4.78, 5) is 29.1. The van der Waals surface area contributed by atoms with E-state index < -0.39 is 28.5 Å². The van der Waals surface area contributed by atoms with Gasteiger partial charge in [0.1, 0.15) is 12.6 Å². The highest BCUT2D eigenvalue weighted by molar-refractivity contribution is 9.10. The number of benzene rings is 4. The van der Waals surface area contributed by atoms with Crippen LogP contribution in [0.4, 0.5) is 5.69 Å². The second-order valence-electron chi connectivity index (χ2n) is 9.77. The predicted molar refractivity (Wildman–Crippen MR) is 173 cm³/mol. The summed E-state index contributed by atoms with van der Waals surface area (Å²) in [5.41, 5.74) is 2.90. The van der Waals surface area contributed by atoms with Gasteiger partial charge in [-0.05, 0) is 66.6 Å². The molecule has 4 rings (SSSR count). The Morgan fingerprint density at radius 2 is 1.45 bits per heavy atom. The van der Waals surface area contributed by atoms with Crippen molar-refractivity contribution in [1.29, 1.82) is 0 Å². The van der Waals surface area contributed by atoms with Gasteiger partial charge in [0.15, 0.2) is 0 Å². The quantitative estimate of drug-likeness (QED) is 0.204. The van der Waals surface area contributed by atoms with Crippen LogP contribution in [0.2, 0.25) is 0 Å². The summed E-state index contributed by atoms with van der Waals surface area (Å²) in [7, 11) is -2.61. The number of carbonyl (C=O) groups is 2. The molecule has 10 heteroatoms. The molecule has 0 radical (unpaired) electrons. The number of nitrogens with one attached hydrogen (secondary N) is 1. The van der Waals surface area contributed by atoms with Crippen molar-refractivity contribution >= 4 is 59.4 Å². The molecule has 1 atom stereocenters. The number of carbonyl (C=O) groups excluding carboxylic acids is 2. The number of rotatable bonds is 11. The molecule has 0 spiro atoms. The average Bonchev–Trinajstić information content (AvgIpc) is 2.98. The lowest BCUT2D eigenvalue weighted by Gasteiger charge is -2.33. The fraction of sp³-hybridized carbons (Fsp3) is 0.188. The number of hydrogen-bond donors (Lipinski definition) is 1. The largest absolute Gasteiger partial charge is 0.357 e. The molecule has 4 aromatic rings. The Hall–Kier alpha value is -3.47. The lowest BCUT2D eigenvalue weighted by Crippen LogP contribution is -2.53. The van der Waals surface area contributed by atoms with Crippen LogP contribution in [0.1, 0.15) is 16.7 Å². The van der Waals surface area contributed by atoms with Crippen LogP contribution in [0, 0.1) is 6.92 Å². The normalized spacial score (nSPS) is 11.9. The topological polar surface area (TPSA) is 86.8 Å². The SMILES string of the molecule is CNC(=O)[C@@H](Cc1ccccc1)N(Cc1cccc(Br)c1)C(=O)CN(c1ccc(Br)cc1)S(=O)(=O)c1ccc(C)cc1. The fourth-order valence-electron chi connectivity index (χ4n) is 4.53. The standard InChI is InChI=1S/C32H31Br2N3O4S/c1-23-11-17-29(18-12-23)42(40,41)37(28-15-13-26(33)14-16-28)22-31(38)36(21-25-9-6-10-27(34)19-25)30(32(39)35-2)20-24-7-4-3-5-8-24/h3-19,30H,20-22H2,1-2H3,(H,35,39)/t30-/m1/s1. The summed E-state index contributed by atoms with van der Waals surface area (Å²) in [5.74, 6) is -0.864. The number of halogens is 2. The van der Waals surface area contributed by atoms with Crippen LogP contribution in [-0.4, -0.2) is 44.8 Å². The zero-order valence-corrected chi connectivity index (χ0v) is 27.2. The van der Waals surface area contributed by atoms with Crippen molar-refractivity contribution in [2.45, 2.75) is 30.8 Å². The zero-order valence-electron chi connectivity index (χ0n) is 23.2. The van der Waals surface area contributed by atoms with Gasteiger partial charge in [-0.1, -0.05) is 92.0 Å². The highest BCUT2D eigenvalue weighted by Gasteiger charge is 2.34. The molecule has 0 aliphatic carbocycles. The lowest BCUT2D eigenvalue weighted by atomic mass is 10.0. The smallest absolute Gasteiger partial charge is 0.264 e. The van der Waals surface area contributed by atoms with E-state index in [0.717, 1.165) is 29.9 Å². The van der Waals surface area contributed by atoms with E-state index >= 15 is 0 Å². The molecular formula is C32H31Br2N3O4S. The first-order valence-corrected chi connectivity index (χ1v) is 16.3. The van der Waals surface area contributed by atoms with Gasteiger partial charge in [0.2, 0.25) is 11.8 Å². The average molecular weight is 713 g/mol. The highest BCUT2D eigenvalue weighted by atomic mass is 79.9. The fourth-order valence-corrected chi connectivity index (χ4v) is 6.65. The van der Waals surface area contributed by atoms with Gasteiger partial charge < -0.3 is 10.2 Å². The number of amides is 2. The number of hydrogen-bond acceptors (Lipinski definition) is 4. The van der Waals surface area contributed by atoms with Gasteiger partial charge in [0, 0.05) is 29.0 Å². The molecule has 0 saturated heterocycles. The first-order valence-electron chi connectivity index (χ1n) is 13.2. The molecule has 2 amide bonds. The van der Waals surface area contributed by atoms with E-state index in [1.165, 1.54) is 24.1 Å². The minimum atomic E-state index is -4.14. The molecule has 0 aliphatic rings. The highest BCUT2D eigenvalue weighted by Crippen LogP contribution is 2.27. The molecule has 0 fully saturated rings. The molecule has 0 unspecified atom stereocenters. The van der Waals surface area contributed by atoms with Gasteiger partial charge in [-0.3, -0.25) is 13.9 Å². The molecule has 7 nitrogen and oxygen atoms in total. The second kappa shape index (κ2) is 14.1. The Kier molecular flexibility index (Phi) is 10.6. The monoisotopic (exact) mass is 711 g/mol. The number of nitrogens with zero attached hydrogens (tertiary/aromatic N) is 2. The van der Waals surface area contributed by atoms with E-state index in [1.807, 2.05) is 61.5 Å². The molecule has 0 aliphatic heterocycles. The van der Waals surface area contributed by atoms with Crippen LogP contribution in [0.15, 0.2) is 117 Å². The molecule has 0 saturated carbocycles. The summed E-state index contributed by atoms with van der Waals surface area (Å²) < 4.78 is 30.7. The summed E-state index contributed by atoms with van der Waals surface area (Å²) in [5, 5.41) is 2.69. The van der Waals surface area contributed by atoms with Crippen LogP contribution in [0.3, 0.4) is 0 Å². The van der Waals surface area contributed by atoms with Crippen molar-refractivity contribution < 1.29 is 18.0 Å². The maximum absolute atomic E-state index is 14.3. The number of aryl methyl sites for hydroxylation is 1. The van der Waals surface area contributed by atoms with E-state index in [0.29, 0.717) is 5.69 Å². The van der Waals surface area contributed by atoms with Crippen molar-refractivity contribution in [3.8, 4) is 0 Å². The van der Waals surface area contributed by atoms with E-state index in [9.17, 15) is 18.0 Å². The third-order valence-corrected chi connectivity index (χ3v) is 9.57. The van der Waals surface area contributed by atoms with E-state index in [2.05, 4.69) is 37.2 Å². The third-order valence-electron chi connectivity index (χ3n) is 6.76. The van der Waals surface area contributed by atoms with Crippen molar-refractivity contribution in [2.24, 2.45) is 0 Å². The summed E-state index contributed by atoms with van der Waals surface area (Å²) in [6.45, 7) is 1.47. The molecular weight excluding hydrogens is 682 g/mol. The first-order chi connectivity index (χ1) is 20.1. The summed E-state index contributed by atoms with van der Waals surface area (Å²) in [6, 6.07) is 29.2. The van der Waals surface area contributed by atoms with Crippen molar-refractivity contribution in [2.75, 3.05) is 17.9 Å². The van der Waals surface area contributed by atoms with Crippen LogP contribution in [0.5, 0.6) is 0 Å². The molecule has 0 heterocycles. The number of likely N-dealkylation sites (N-methyl/N-ethyl adjacent to an activating group) is 1. The van der Waals surface area contributed by atoms with Gasteiger partial charge in [0.25, 0.3) is 10.0 Å². The number of anilines is 1. The lowest BCUT2D eigenvalue weighted by molar-refractivity contribution is -0.139. The maximum atomic E-state index is 14.3. The van der Waals surface area contributed by atoms with Gasteiger partial charge in [0.05, 0.1) is 10.6 Å². The third kappa shape index (κ3) is 7.87. The Balaban J connectivity index is 1.78. The predicted octanol–water partition coefficient (Wildman–Crippen LogP) is 6.10. The van der Waals surface area contributed by atoms with Crippen LogP contribution >= 0.6 is 31.9 Å². The van der Waals surface area contributed by atoms with Crippen LogP contribution in [0.25, 0.3) is 0 Å². The summed E-state index contributed by atoms with van der Waals surface area (Å²) >= 11 is 6.88. The van der Waals surface area contributed by atoms with Gasteiger partial charge in [-0.15, -0.1) is 0 Å². The first kappa shape index (κ1) is 31.5. The minimum Gasteiger partial charge on any atom is -0.357 e. The Morgan fingerprint density at radius 3 is 2.07 bits per heavy atom. The van der Waals surface area contributed by atoms with Gasteiger partial charge in [-0.25, -0.2) is 8.42 Å². The van der Waals surface area contributed by atoms with Gasteiger partial charge in [-0.2, -0.15) is 0 Å². The molecule has 218 valence electrons. The summed E-state index contributed by atoms with van der Waals surface area (Å²) in [6.07, 6.45) is 0.253.